The van der Waals surface area contributed by atoms with Crippen molar-refractivity contribution in [3.63, 3.8) is 0 Å². The Hall–Kier alpha value is -2.37. The van der Waals surface area contributed by atoms with Gasteiger partial charge in [0.1, 0.15) is 5.75 Å². The fraction of sp³-hybridized carbons (Fsp3) is 0.350. The summed E-state index contributed by atoms with van der Waals surface area (Å²) in [5.41, 5.74) is 3.91. The van der Waals surface area contributed by atoms with Crippen LogP contribution >= 0.6 is 0 Å². The van der Waals surface area contributed by atoms with E-state index in [0.717, 1.165) is 28.1 Å². The Morgan fingerprint density at radius 3 is 2.44 bits per heavy atom. The molecule has 0 saturated carbocycles. The summed E-state index contributed by atoms with van der Waals surface area (Å²) >= 11 is 0. The number of benzene rings is 2. The molecule has 0 fully saturated rings. The molecular weight excluding hydrogens is 316 g/mol. The third-order valence-corrected chi connectivity index (χ3v) is 4.12. The smallest absolute Gasteiger partial charge is 0.238 e. The van der Waals surface area contributed by atoms with Crippen LogP contribution < -0.4 is 10.1 Å². The largest absolute Gasteiger partial charge is 0.496 e. The molecule has 2 N–H and O–H groups in total. The standard InChI is InChI=1S/C20H26N2O3/c1-15-7-6-8-16(2)20(15)21-19(24)14-22(11-12-23)13-17-9-4-5-10-18(17)25-3/h4-10,23H,11-14H2,1-3H3,(H,21,24). The first-order chi connectivity index (χ1) is 12.0. The van der Waals surface area contributed by atoms with E-state index in [2.05, 4.69) is 5.32 Å². The van der Waals surface area contributed by atoms with Gasteiger partial charge in [-0.2, -0.15) is 0 Å². The number of carbonyl (C=O) groups is 1. The van der Waals surface area contributed by atoms with E-state index in [-0.39, 0.29) is 19.1 Å². The van der Waals surface area contributed by atoms with E-state index in [9.17, 15) is 9.90 Å². The summed E-state index contributed by atoms with van der Waals surface area (Å²) in [6.45, 7) is 5.09. The second kappa shape index (κ2) is 9.20. The highest BCUT2D eigenvalue weighted by Gasteiger charge is 2.14. The zero-order chi connectivity index (χ0) is 18.2. The number of nitrogens with one attached hydrogen (secondary N) is 1. The summed E-state index contributed by atoms with van der Waals surface area (Å²) in [5.74, 6) is 0.682. The molecule has 0 aromatic heterocycles. The summed E-state index contributed by atoms with van der Waals surface area (Å²) in [4.78, 5) is 14.4. The highest BCUT2D eigenvalue weighted by molar-refractivity contribution is 5.93. The van der Waals surface area contributed by atoms with E-state index in [1.54, 1.807) is 7.11 Å². The topological polar surface area (TPSA) is 61.8 Å². The number of hydrogen-bond donors (Lipinski definition) is 2. The summed E-state index contributed by atoms with van der Waals surface area (Å²) in [6, 6.07) is 13.6. The zero-order valence-corrected chi connectivity index (χ0v) is 15.1. The van der Waals surface area contributed by atoms with Crippen molar-refractivity contribution in [3.8, 4) is 5.75 Å². The lowest BCUT2D eigenvalue weighted by molar-refractivity contribution is -0.117. The molecule has 0 bridgehead atoms. The average molecular weight is 342 g/mol. The van der Waals surface area contributed by atoms with Gasteiger partial charge in [-0.1, -0.05) is 36.4 Å². The minimum Gasteiger partial charge on any atom is -0.496 e. The van der Waals surface area contributed by atoms with Crippen LogP contribution in [0.4, 0.5) is 5.69 Å². The number of anilines is 1. The third kappa shape index (κ3) is 5.31. The SMILES string of the molecule is COc1ccccc1CN(CCO)CC(=O)Nc1c(C)cccc1C. The number of nitrogens with zero attached hydrogens (tertiary/aromatic N) is 1. The van der Waals surface area contributed by atoms with Gasteiger partial charge in [-0.25, -0.2) is 0 Å². The van der Waals surface area contributed by atoms with E-state index < -0.39 is 0 Å². The van der Waals surface area contributed by atoms with Gasteiger partial charge in [-0.3, -0.25) is 9.69 Å². The normalized spacial score (nSPS) is 10.8. The maximum Gasteiger partial charge on any atom is 0.238 e. The predicted molar refractivity (Wildman–Crippen MR) is 99.9 cm³/mol. The number of ether oxygens (including phenoxy) is 1. The summed E-state index contributed by atoms with van der Waals surface area (Å²) < 4.78 is 5.37. The number of amides is 1. The van der Waals surface area contributed by atoms with Crippen LogP contribution in [0.5, 0.6) is 5.75 Å². The van der Waals surface area contributed by atoms with Crippen LogP contribution in [-0.4, -0.2) is 42.7 Å². The number of hydrogen-bond acceptors (Lipinski definition) is 4. The molecule has 0 aliphatic carbocycles. The van der Waals surface area contributed by atoms with E-state index in [4.69, 9.17) is 4.74 Å². The van der Waals surface area contributed by atoms with Crippen molar-refractivity contribution < 1.29 is 14.6 Å². The quantitative estimate of drug-likeness (QED) is 0.774. The number of aryl methyl sites for hydroxylation is 2. The molecule has 0 aliphatic heterocycles. The van der Waals surface area contributed by atoms with Crippen molar-refractivity contribution in [2.75, 3.05) is 32.1 Å². The Kier molecular flexibility index (Phi) is 6.98. The van der Waals surface area contributed by atoms with Crippen molar-refractivity contribution in [2.24, 2.45) is 0 Å². The first kappa shape index (κ1) is 19.0. The van der Waals surface area contributed by atoms with Gasteiger partial charge in [0.25, 0.3) is 0 Å². The highest BCUT2D eigenvalue weighted by atomic mass is 16.5. The number of rotatable bonds is 8. The Bertz CT molecular complexity index is 696. The van der Waals surface area contributed by atoms with Crippen molar-refractivity contribution in [3.05, 3.63) is 59.2 Å². The van der Waals surface area contributed by atoms with Crippen LogP contribution in [0.25, 0.3) is 0 Å². The molecule has 5 heteroatoms. The summed E-state index contributed by atoms with van der Waals surface area (Å²) in [7, 11) is 1.63. The lowest BCUT2D eigenvalue weighted by Crippen LogP contribution is -2.35. The van der Waals surface area contributed by atoms with Gasteiger partial charge in [0.2, 0.25) is 5.91 Å². The first-order valence-corrected chi connectivity index (χ1v) is 8.36. The molecule has 1 amide bonds. The van der Waals surface area contributed by atoms with Gasteiger partial charge < -0.3 is 15.2 Å². The number of aliphatic hydroxyl groups is 1. The fourth-order valence-electron chi connectivity index (χ4n) is 2.82. The van der Waals surface area contributed by atoms with Crippen LogP contribution in [0, 0.1) is 13.8 Å². The number of aliphatic hydroxyl groups excluding tert-OH is 1. The molecule has 0 aliphatic rings. The highest BCUT2D eigenvalue weighted by Crippen LogP contribution is 2.21. The first-order valence-electron chi connectivity index (χ1n) is 8.36. The van der Waals surface area contributed by atoms with Crippen molar-refractivity contribution >= 4 is 11.6 Å². The molecule has 0 spiro atoms. The van der Waals surface area contributed by atoms with Gasteiger partial charge >= 0.3 is 0 Å². The van der Waals surface area contributed by atoms with Crippen LogP contribution in [0.15, 0.2) is 42.5 Å². The molecule has 0 unspecified atom stereocenters. The predicted octanol–water partition coefficient (Wildman–Crippen LogP) is 2.75. The zero-order valence-electron chi connectivity index (χ0n) is 15.1. The molecule has 0 saturated heterocycles. The molecular formula is C20H26N2O3. The Balaban J connectivity index is 2.06. The maximum absolute atomic E-state index is 12.5. The molecule has 134 valence electrons. The molecule has 5 nitrogen and oxygen atoms in total. The number of carbonyl (C=O) groups excluding carboxylic acids is 1. The molecule has 0 atom stereocenters. The van der Waals surface area contributed by atoms with Crippen LogP contribution in [0.1, 0.15) is 16.7 Å². The number of methoxy groups -OCH3 is 1. The van der Waals surface area contributed by atoms with Crippen molar-refractivity contribution in [1.29, 1.82) is 0 Å². The molecule has 0 heterocycles. The fourth-order valence-corrected chi connectivity index (χ4v) is 2.82. The van der Waals surface area contributed by atoms with Crippen molar-refractivity contribution in [1.82, 2.24) is 4.90 Å². The average Bonchev–Trinajstić information content (AvgIpc) is 2.59. The van der Waals surface area contributed by atoms with Gasteiger partial charge in [0, 0.05) is 24.3 Å². The van der Waals surface area contributed by atoms with Crippen LogP contribution in [0.3, 0.4) is 0 Å². The Morgan fingerprint density at radius 2 is 1.80 bits per heavy atom. The van der Waals surface area contributed by atoms with E-state index in [0.29, 0.717) is 13.1 Å². The van der Waals surface area contributed by atoms with Crippen LogP contribution in [0.2, 0.25) is 0 Å². The molecule has 0 radical (unpaired) electrons. The second-order valence-corrected chi connectivity index (χ2v) is 6.06. The Morgan fingerprint density at radius 1 is 1.12 bits per heavy atom. The monoisotopic (exact) mass is 342 g/mol. The van der Waals surface area contributed by atoms with Gasteiger partial charge in [-0.05, 0) is 31.0 Å². The van der Waals surface area contributed by atoms with Gasteiger partial charge in [0.15, 0.2) is 0 Å². The van der Waals surface area contributed by atoms with E-state index in [1.807, 2.05) is 61.2 Å². The summed E-state index contributed by atoms with van der Waals surface area (Å²) in [5, 5.41) is 12.3. The third-order valence-electron chi connectivity index (χ3n) is 4.12. The molecule has 2 aromatic carbocycles. The van der Waals surface area contributed by atoms with Gasteiger partial charge in [0.05, 0.1) is 20.3 Å². The van der Waals surface area contributed by atoms with E-state index >= 15 is 0 Å². The second-order valence-electron chi connectivity index (χ2n) is 6.06. The molecule has 25 heavy (non-hydrogen) atoms. The van der Waals surface area contributed by atoms with Crippen LogP contribution in [-0.2, 0) is 11.3 Å². The summed E-state index contributed by atoms with van der Waals surface area (Å²) in [6.07, 6.45) is 0. The van der Waals surface area contributed by atoms with Crippen molar-refractivity contribution in [2.45, 2.75) is 20.4 Å². The minimum atomic E-state index is -0.0965. The molecule has 2 rings (SSSR count). The Labute approximate surface area is 149 Å². The lowest BCUT2D eigenvalue weighted by atomic mass is 10.1. The van der Waals surface area contributed by atoms with Gasteiger partial charge in [-0.15, -0.1) is 0 Å². The lowest BCUT2D eigenvalue weighted by Gasteiger charge is -2.22. The minimum absolute atomic E-state index is 0.00811. The van der Waals surface area contributed by atoms with E-state index in [1.165, 1.54) is 0 Å². The number of para-hydroxylation sites is 2. The molecule has 2 aromatic rings. The maximum atomic E-state index is 12.5.